The van der Waals surface area contributed by atoms with Gasteiger partial charge in [-0.25, -0.2) is 4.79 Å². The van der Waals surface area contributed by atoms with Crippen LogP contribution in [-0.4, -0.2) is 47.9 Å². The molecular formula is C13H16N2O5. The van der Waals surface area contributed by atoms with Crippen LogP contribution >= 0.6 is 0 Å². The number of anilines is 1. The van der Waals surface area contributed by atoms with Crippen molar-refractivity contribution in [3.8, 4) is 5.75 Å². The van der Waals surface area contributed by atoms with Gasteiger partial charge in [0.1, 0.15) is 5.75 Å². The zero-order chi connectivity index (χ0) is 14.5. The fourth-order valence-corrected chi connectivity index (χ4v) is 1.99. The normalized spacial score (nSPS) is 18.5. The Morgan fingerprint density at radius 1 is 1.45 bits per heavy atom. The smallest absolute Gasteiger partial charge is 0.337 e. The summed E-state index contributed by atoms with van der Waals surface area (Å²) >= 11 is 0. The van der Waals surface area contributed by atoms with Gasteiger partial charge in [0.05, 0.1) is 24.5 Å². The molecule has 7 nitrogen and oxygen atoms in total. The average Bonchev–Trinajstić information content (AvgIpc) is 2.41. The number of carboxylic acid groups (broad SMARTS) is 1. The van der Waals surface area contributed by atoms with Crippen LogP contribution in [0.25, 0.3) is 0 Å². The molecule has 1 heterocycles. The molecule has 1 aromatic carbocycles. The first-order chi connectivity index (χ1) is 9.56. The van der Waals surface area contributed by atoms with Gasteiger partial charge in [-0.05, 0) is 18.2 Å². The van der Waals surface area contributed by atoms with Crippen LogP contribution in [0.3, 0.4) is 0 Å². The van der Waals surface area contributed by atoms with Gasteiger partial charge >= 0.3 is 5.97 Å². The van der Waals surface area contributed by atoms with Crippen molar-refractivity contribution in [3.05, 3.63) is 23.8 Å². The van der Waals surface area contributed by atoms with Gasteiger partial charge in [0.2, 0.25) is 5.91 Å². The highest BCUT2D eigenvalue weighted by molar-refractivity contribution is 6.00. The second-order valence-electron chi connectivity index (χ2n) is 4.51. The van der Waals surface area contributed by atoms with E-state index in [9.17, 15) is 14.7 Å². The van der Waals surface area contributed by atoms with Crippen molar-refractivity contribution in [3.63, 3.8) is 0 Å². The average molecular weight is 280 g/mol. The van der Waals surface area contributed by atoms with Gasteiger partial charge in [0.25, 0.3) is 0 Å². The van der Waals surface area contributed by atoms with E-state index in [0.717, 1.165) is 6.07 Å². The van der Waals surface area contributed by atoms with Crippen LogP contribution < -0.4 is 10.6 Å². The van der Waals surface area contributed by atoms with E-state index in [1.54, 1.807) is 0 Å². The number of morpholine rings is 1. The van der Waals surface area contributed by atoms with Crippen LogP contribution in [-0.2, 0) is 9.53 Å². The van der Waals surface area contributed by atoms with Crippen LogP contribution in [0.5, 0.6) is 5.75 Å². The van der Waals surface area contributed by atoms with E-state index in [1.807, 2.05) is 0 Å². The minimum absolute atomic E-state index is 0.0749. The molecular weight excluding hydrogens is 264 g/mol. The number of benzene rings is 1. The Hall–Kier alpha value is -2.12. The Bertz CT molecular complexity index is 511. The number of ether oxygens (including phenoxy) is 1. The molecule has 1 aliphatic rings. The molecule has 1 amide bonds. The number of aromatic carboxylic acids is 1. The number of hydrogen-bond donors (Lipinski definition) is 4. The fourth-order valence-electron chi connectivity index (χ4n) is 1.99. The topological polar surface area (TPSA) is 108 Å². The predicted octanol–water partition coefficient (Wildman–Crippen LogP) is 0.407. The third kappa shape index (κ3) is 3.69. The van der Waals surface area contributed by atoms with Crippen molar-refractivity contribution in [1.82, 2.24) is 5.32 Å². The quantitative estimate of drug-likeness (QED) is 0.595. The lowest BCUT2D eigenvalue weighted by molar-refractivity contribution is -0.117. The Labute approximate surface area is 115 Å². The summed E-state index contributed by atoms with van der Waals surface area (Å²) in [5.74, 6) is -1.68. The van der Waals surface area contributed by atoms with Crippen LogP contribution in [0.1, 0.15) is 16.8 Å². The van der Waals surface area contributed by atoms with Gasteiger partial charge in [-0.2, -0.15) is 0 Å². The second kappa shape index (κ2) is 6.36. The van der Waals surface area contributed by atoms with Crippen molar-refractivity contribution < 1.29 is 24.5 Å². The van der Waals surface area contributed by atoms with Gasteiger partial charge in [-0.15, -0.1) is 0 Å². The van der Waals surface area contributed by atoms with E-state index >= 15 is 0 Å². The molecule has 20 heavy (non-hydrogen) atoms. The van der Waals surface area contributed by atoms with Gasteiger partial charge in [0.15, 0.2) is 0 Å². The molecule has 0 aliphatic carbocycles. The molecule has 7 heteroatoms. The number of amides is 1. The van der Waals surface area contributed by atoms with E-state index in [2.05, 4.69) is 10.6 Å². The number of hydrogen-bond acceptors (Lipinski definition) is 5. The van der Waals surface area contributed by atoms with Crippen LogP contribution in [0.2, 0.25) is 0 Å². The zero-order valence-corrected chi connectivity index (χ0v) is 10.8. The number of phenols is 1. The van der Waals surface area contributed by atoms with Crippen molar-refractivity contribution >= 4 is 17.6 Å². The third-order valence-corrected chi connectivity index (χ3v) is 2.94. The Kier molecular flexibility index (Phi) is 4.54. The first kappa shape index (κ1) is 14.3. The molecule has 0 bridgehead atoms. The second-order valence-corrected chi connectivity index (χ2v) is 4.51. The molecule has 1 aromatic rings. The van der Waals surface area contributed by atoms with E-state index < -0.39 is 5.97 Å². The largest absolute Gasteiger partial charge is 0.508 e. The summed E-state index contributed by atoms with van der Waals surface area (Å²) in [7, 11) is 0. The number of carboxylic acids is 1. The molecule has 0 spiro atoms. The molecule has 1 fully saturated rings. The molecule has 1 unspecified atom stereocenters. The SMILES string of the molecule is O=C(CC1COCCN1)Nc1ccc(O)cc1C(=O)O. The molecule has 1 aliphatic heterocycles. The lowest BCUT2D eigenvalue weighted by Crippen LogP contribution is -2.43. The van der Waals surface area contributed by atoms with Crippen molar-refractivity contribution in [2.24, 2.45) is 0 Å². The van der Waals surface area contributed by atoms with Gasteiger partial charge < -0.3 is 25.6 Å². The van der Waals surface area contributed by atoms with E-state index in [4.69, 9.17) is 9.84 Å². The van der Waals surface area contributed by atoms with Crippen LogP contribution in [0.15, 0.2) is 18.2 Å². The van der Waals surface area contributed by atoms with Crippen LogP contribution in [0, 0.1) is 0 Å². The number of rotatable bonds is 4. The highest BCUT2D eigenvalue weighted by atomic mass is 16.5. The minimum Gasteiger partial charge on any atom is -0.508 e. The maximum atomic E-state index is 11.9. The van der Waals surface area contributed by atoms with Gasteiger partial charge in [-0.1, -0.05) is 0 Å². The Morgan fingerprint density at radius 2 is 2.25 bits per heavy atom. The third-order valence-electron chi connectivity index (χ3n) is 2.94. The first-order valence-corrected chi connectivity index (χ1v) is 6.23. The van der Waals surface area contributed by atoms with E-state index in [-0.39, 0.29) is 35.4 Å². The maximum Gasteiger partial charge on any atom is 0.337 e. The standard InChI is InChI=1S/C13H16N2O5/c16-9-1-2-11(10(6-9)13(18)19)15-12(17)5-8-7-20-4-3-14-8/h1-2,6,8,14,16H,3-5,7H2,(H,15,17)(H,18,19). The number of phenolic OH excluding ortho intramolecular Hbond substituents is 1. The first-order valence-electron chi connectivity index (χ1n) is 6.23. The van der Waals surface area contributed by atoms with Crippen molar-refractivity contribution in [1.29, 1.82) is 0 Å². The Balaban J connectivity index is 2.01. The summed E-state index contributed by atoms with van der Waals surface area (Å²) in [6, 6.07) is 3.71. The summed E-state index contributed by atoms with van der Waals surface area (Å²) in [6.45, 7) is 1.77. The van der Waals surface area contributed by atoms with Crippen molar-refractivity contribution in [2.75, 3.05) is 25.1 Å². The number of carbonyl (C=O) groups excluding carboxylic acids is 1. The Morgan fingerprint density at radius 3 is 2.90 bits per heavy atom. The summed E-state index contributed by atoms with van der Waals surface area (Å²) in [6.07, 6.45) is 0.194. The highest BCUT2D eigenvalue weighted by Gasteiger charge is 2.19. The lowest BCUT2D eigenvalue weighted by atomic mass is 10.1. The van der Waals surface area contributed by atoms with E-state index in [1.165, 1.54) is 12.1 Å². The number of nitrogens with one attached hydrogen (secondary N) is 2. The molecule has 0 aromatic heterocycles. The summed E-state index contributed by atoms with van der Waals surface area (Å²) in [4.78, 5) is 22.9. The maximum absolute atomic E-state index is 11.9. The molecule has 1 atom stereocenters. The fraction of sp³-hybridized carbons (Fsp3) is 0.385. The molecule has 0 radical (unpaired) electrons. The van der Waals surface area contributed by atoms with Crippen molar-refractivity contribution in [2.45, 2.75) is 12.5 Å². The molecule has 108 valence electrons. The number of aromatic hydroxyl groups is 1. The summed E-state index contributed by atoms with van der Waals surface area (Å²) < 4.78 is 5.24. The monoisotopic (exact) mass is 280 g/mol. The van der Waals surface area contributed by atoms with E-state index in [0.29, 0.717) is 19.8 Å². The molecule has 2 rings (SSSR count). The minimum atomic E-state index is -1.21. The molecule has 0 saturated carbocycles. The lowest BCUT2D eigenvalue weighted by Gasteiger charge is -2.23. The summed E-state index contributed by atoms with van der Waals surface area (Å²) in [5, 5.41) is 24.0. The highest BCUT2D eigenvalue weighted by Crippen LogP contribution is 2.21. The van der Waals surface area contributed by atoms with Gasteiger partial charge in [0, 0.05) is 19.0 Å². The number of carbonyl (C=O) groups is 2. The molecule has 4 N–H and O–H groups in total. The molecule has 1 saturated heterocycles. The predicted molar refractivity (Wildman–Crippen MR) is 70.9 cm³/mol. The summed E-state index contributed by atoms with van der Waals surface area (Å²) in [5.41, 5.74) is 0.0169. The van der Waals surface area contributed by atoms with Crippen LogP contribution in [0.4, 0.5) is 5.69 Å². The van der Waals surface area contributed by atoms with Gasteiger partial charge in [-0.3, -0.25) is 4.79 Å². The zero-order valence-electron chi connectivity index (χ0n) is 10.8.